The Balaban J connectivity index is 1.66. The standard InChI is InChI=1S/C16H23NS/c1-2-17-16(15-9-6-10-18-15)14-11-13(14)12-7-4-3-5-8-12/h3-5,7-8,13-17H,2,6,9-11H2,1H3. The Morgan fingerprint density at radius 2 is 2.17 bits per heavy atom. The summed E-state index contributed by atoms with van der Waals surface area (Å²) < 4.78 is 0. The zero-order valence-corrected chi connectivity index (χ0v) is 12.0. The number of rotatable bonds is 5. The van der Waals surface area contributed by atoms with Gasteiger partial charge in [-0.2, -0.15) is 11.8 Å². The average Bonchev–Trinajstić information content (AvgIpc) is 3.02. The highest BCUT2D eigenvalue weighted by Crippen LogP contribution is 2.52. The lowest BCUT2D eigenvalue weighted by Gasteiger charge is -2.24. The molecule has 1 heterocycles. The zero-order valence-electron chi connectivity index (χ0n) is 11.1. The molecule has 98 valence electrons. The van der Waals surface area contributed by atoms with Gasteiger partial charge in [-0.1, -0.05) is 37.3 Å². The van der Waals surface area contributed by atoms with Crippen LogP contribution in [0.1, 0.15) is 37.7 Å². The first kappa shape index (κ1) is 12.6. The number of thioether (sulfide) groups is 1. The second kappa shape index (κ2) is 5.66. The third kappa shape index (κ3) is 2.60. The van der Waals surface area contributed by atoms with E-state index in [-0.39, 0.29) is 0 Å². The molecule has 0 amide bonds. The molecule has 4 atom stereocenters. The molecular weight excluding hydrogens is 238 g/mol. The van der Waals surface area contributed by atoms with Crippen LogP contribution in [0.3, 0.4) is 0 Å². The summed E-state index contributed by atoms with van der Waals surface area (Å²) in [5.74, 6) is 3.06. The lowest BCUT2D eigenvalue weighted by atomic mass is 10.0. The van der Waals surface area contributed by atoms with Crippen LogP contribution in [0.15, 0.2) is 30.3 Å². The maximum absolute atomic E-state index is 3.77. The van der Waals surface area contributed by atoms with Gasteiger partial charge in [0.25, 0.3) is 0 Å². The number of nitrogens with one attached hydrogen (secondary N) is 1. The molecule has 4 unspecified atom stereocenters. The van der Waals surface area contributed by atoms with Crippen LogP contribution in [-0.4, -0.2) is 23.6 Å². The van der Waals surface area contributed by atoms with E-state index in [0.29, 0.717) is 0 Å². The zero-order chi connectivity index (χ0) is 12.4. The monoisotopic (exact) mass is 261 g/mol. The van der Waals surface area contributed by atoms with Crippen molar-refractivity contribution in [2.75, 3.05) is 12.3 Å². The van der Waals surface area contributed by atoms with Crippen LogP contribution in [0.4, 0.5) is 0 Å². The summed E-state index contributed by atoms with van der Waals surface area (Å²) in [5, 5.41) is 4.63. The van der Waals surface area contributed by atoms with Crippen LogP contribution in [0, 0.1) is 5.92 Å². The van der Waals surface area contributed by atoms with E-state index < -0.39 is 0 Å². The minimum atomic E-state index is 0.743. The van der Waals surface area contributed by atoms with Crippen LogP contribution in [0.25, 0.3) is 0 Å². The first-order valence-electron chi connectivity index (χ1n) is 7.30. The molecule has 1 N–H and O–H groups in total. The van der Waals surface area contributed by atoms with Crippen LogP contribution < -0.4 is 5.32 Å². The van der Waals surface area contributed by atoms with E-state index in [1.807, 2.05) is 0 Å². The van der Waals surface area contributed by atoms with E-state index >= 15 is 0 Å². The summed E-state index contributed by atoms with van der Waals surface area (Å²) in [6, 6.07) is 11.8. The molecule has 1 saturated carbocycles. The van der Waals surface area contributed by atoms with Crippen molar-refractivity contribution in [3.63, 3.8) is 0 Å². The van der Waals surface area contributed by atoms with Crippen LogP contribution >= 0.6 is 11.8 Å². The van der Waals surface area contributed by atoms with Gasteiger partial charge in [-0.05, 0) is 49.0 Å². The van der Waals surface area contributed by atoms with Crippen molar-refractivity contribution in [3.8, 4) is 0 Å². The van der Waals surface area contributed by atoms with Crippen LogP contribution in [0.2, 0.25) is 0 Å². The smallest absolute Gasteiger partial charge is 0.0220 e. The third-order valence-electron chi connectivity index (χ3n) is 4.33. The minimum absolute atomic E-state index is 0.743. The Labute approximate surface area is 115 Å². The Morgan fingerprint density at radius 3 is 2.83 bits per heavy atom. The fourth-order valence-electron chi connectivity index (χ4n) is 3.38. The molecule has 0 aromatic heterocycles. The summed E-state index contributed by atoms with van der Waals surface area (Å²) >= 11 is 2.19. The predicted molar refractivity (Wildman–Crippen MR) is 80.2 cm³/mol. The SMILES string of the molecule is CCNC(C1CCCS1)C1CC1c1ccccc1. The molecule has 2 aliphatic rings. The Kier molecular flexibility index (Phi) is 3.95. The molecule has 1 nitrogen and oxygen atoms in total. The van der Waals surface area contributed by atoms with Crippen molar-refractivity contribution in [2.45, 2.75) is 43.4 Å². The van der Waals surface area contributed by atoms with Crippen molar-refractivity contribution in [1.82, 2.24) is 5.32 Å². The number of benzene rings is 1. The molecule has 3 rings (SSSR count). The molecule has 1 aliphatic heterocycles. The van der Waals surface area contributed by atoms with Crippen molar-refractivity contribution in [2.24, 2.45) is 5.92 Å². The number of hydrogen-bond donors (Lipinski definition) is 1. The van der Waals surface area contributed by atoms with Crippen LogP contribution in [0.5, 0.6) is 0 Å². The first-order chi connectivity index (χ1) is 8.90. The quantitative estimate of drug-likeness (QED) is 0.868. The molecule has 1 aliphatic carbocycles. The van der Waals surface area contributed by atoms with Crippen molar-refractivity contribution >= 4 is 11.8 Å². The van der Waals surface area contributed by atoms with E-state index in [2.05, 4.69) is 54.3 Å². The first-order valence-corrected chi connectivity index (χ1v) is 8.35. The average molecular weight is 261 g/mol. The molecule has 1 saturated heterocycles. The highest BCUT2D eigenvalue weighted by Gasteiger charge is 2.46. The van der Waals surface area contributed by atoms with Crippen LogP contribution in [-0.2, 0) is 0 Å². The van der Waals surface area contributed by atoms with Gasteiger partial charge in [0.15, 0.2) is 0 Å². The topological polar surface area (TPSA) is 12.0 Å². The van der Waals surface area contributed by atoms with Gasteiger partial charge >= 0.3 is 0 Å². The summed E-state index contributed by atoms with van der Waals surface area (Å²) in [5.41, 5.74) is 1.55. The Bertz CT molecular complexity index is 372. The van der Waals surface area contributed by atoms with Gasteiger partial charge in [0.2, 0.25) is 0 Å². The Morgan fingerprint density at radius 1 is 1.33 bits per heavy atom. The Hall–Kier alpha value is -0.470. The van der Waals surface area contributed by atoms with E-state index in [1.165, 1.54) is 25.0 Å². The molecule has 1 aromatic carbocycles. The van der Waals surface area contributed by atoms with Gasteiger partial charge in [0.1, 0.15) is 0 Å². The third-order valence-corrected chi connectivity index (χ3v) is 5.82. The van der Waals surface area contributed by atoms with Crippen molar-refractivity contribution in [3.05, 3.63) is 35.9 Å². The highest BCUT2D eigenvalue weighted by atomic mass is 32.2. The van der Waals surface area contributed by atoms with Gasteiger partial charge in [-0.15, -0.1) is 0 Å². The molecule has 2 heteroatoms. The fourth-order valence-corrected chi connectivity index (χ4v) is 4.85. The molecule has 0 spiro atoms. The summed E-state index contributed by atoms with van der Waals surface area (Å²) in [4.78, 5) is 0. The van der Waals surface area contributed by atoms with Gasteiger partial charge in [-0.25, -0.2) is 0 Å². The van der Waals surface area contributed by atoms with Gasteiger partial charge < -0.3 is 5.32 Å². The highest BCUT2D eigenvalue weighted by molar-refractivity contribution is 8.00. The summed E-state index contributed by atoms with van der Waals surface area (Å²) in [7, 11) is 0. The van der Waals surface area contributed by atoms with E-state index in [0.717, 1.165) is 29.7 Å². The molecule has 1 aromatic rings. The molecule has 2 fully saturated rings. The lowest BCUT2D eigenvalue weighted by Crippen LogP contribution is -2.39. The maximum atomic E-state index is 3.77. The van der Waals surface area contributed by atoms with Gasteiger partial charge in [0.05, 0.1) is 0 Å². The fraction of sp³-hybridized carbons (Fsp3) is 0.625. The van der Waals surface area contributed by atoms with E-state index in [4.69, 9.17) is 0 Å². The minimum Gasteiger partial charge on any atom is -0.313 e. The van der Waals surface area contributed by atoms with E-state index in [9.17, 15) is 0 Å². The predicted octanol–water partition coefficient (Wildman–Crippen LogP) is 3.66. The molecular formula is C16H23NS. The van der Waals surface area contributed by atoms with Gasteiger partial charge in [-0.3, -0.25) is 0 Å². The summed E-state index contributed by atoms with van der Waals surface area (Å²) in [6.07, 6.45) is 4.22. The normalized spacial score (nSPS) is 32.4. The second-order valence-corrected chi connectivity index (χ2v) is 6.90. The van der Waals surface area contributed by atoms with Crippen molar-refractivity contribution < 1.29 is 0 Å². The molecule has 0 radical (unpaired) electrons. The van der Waals surface area contributed by atoms with E-state index in [1.54, 1.807) is 5.56 Å². The molecule has 0 bridgehead atoms. The van der Waals surface area contributed by atoms with Gasteiger partial charge in [0, 0.05) is 11.3 Å². The number of hydrogen-bond acceptors (Lipinski definition) is 2. The maximum Gasteiger partial charge on any atom is 0.0220 e. The van der Waals surface area contributed by atoms with Crippen molar-refractivity contribution in [1.29, 1.82) is 0 Å². The summed E-state index contributed by atoms with van der Waals surface area (Å²) in [6.45, 7) is 3.35. The second-order valence-electron chi connectivity index (χ2n) is 5.55. The largest absolute Gasteiger partial charge is 0.313 e. The lowest BCUT2D eigenvalue weighted by molar-refractivity contribution is 0.444. The molecule has 18 heavy (non-hydrogen) atoms.